The normalized spacial score (nSPS) is 14.6. The molecule has 0 aromatic heterocycles. The van der Waals surface area contributed by atoms with E-state index in [2.05, 4.69) is 0 Å². The van der Waals surface area contributed by atoms with Crippen LogP contribution in [0.25, 0.3) is 0 Å². The standard InChI is InChI=1S/C10H18O4/c1-7(9(3)11)6-14-10(12)8(2)5-13-4/h7-8H,5-6H2,1-4H3/t7-,8+/m0/s1. The summed E-state index contributed by atoms with van der Waals surface area (Å²) in [4.78, 5) is 22.1. The number of ketones is 1. The van der Waals surface area contributed by atoms with Gasteiger partial charge >= 0.3 is 5.97 Å². The van der Waals surface area contributed by atoms with Gasteiger partial charge in [-0.25, -0.2) is 0 Å². The second-order valence-electron chi connectivity index (χ2n) is 3.50. The smallest absolute Gasteiger partial charge is 0.311 e. The summed E-state index contributed by atoms with van der Waals surface area (Å²) in [5, 5.41) is 0. The lowest BCUT2D eigenvalue weighted by atomic mass is 10.1. The SMILES string of the molecule is COC[C@@H](C)C(=O)OC[C@H](C)C(C)=O. The van der Waals surface area contributed by atoms with Gasteiger partial charge in [0.15, 0.2) is 0 Å². The van der Waals surface area contributed by atoms with Gasteiger partial charge in [0.05, 0.1) is 12.5 Å². The average Bonchev–Trinajstić information content (AvgIpc) is 2.13. The molecule has 0 aliphatic heterocycles. The molecule has 2 atom stereocenters. The van der Waals surface area contributed by atoms with Crippen molar-refractivity contribution < 1.29 is 19.1 Å². The number of carbonyl (C=O) groups is 2. The van der Waals surface area contributed by atoms with E-state index in [0.717, 1.165) is 0 Å². The molecule has 0 unspecified atom stereocenters. The number of carbonyl (C=O) groups excluding carboxylic acids is 2. The maximum Gasteiger partial charge on any atom is 0.311 e. The van der Waals surface area contributed by atoms with Crippen molar-refractivity contribution in [1.82, 2.24) is 0 Å². The molecule has 4 heteroatoms. The van der Waals surface area contributed by atoms with Crippen LogP contribution in [-0.2, 0) is 19.1 Å². The number of rotatable bonds is 6. The lowest BCUT2D eigenvalue weighted by Gasteiger charge is -2.12. The molecule has 0 aliphatic rings. The average molecular weight is 202 g/mol. The van der Waals surface area contributed by atoms with Gasteiger partial charge in [0.25, 0.3) is 0 Å². The summed E-state index contributed by atoms with van der Waals surface area (Å²) >= 11 is 0. The van der Waals surface area contributed by atoms with Crippen LogP contribution in [0, 0.1) is 11.8 Å². The van der Waals surface area contributed by atoms with Crippen molar-refractivity contribution in [2.75, 3.05) is 20.3 Å². The molecule has 0 aromatic rings. The molecule has 0 amide bonds. The quantitative estimate of drug-likeness (QED) is 0.604. The van der Waals surface area contributed by atoms with E-state index < -0.39 is 0 Å². The number of ether oxygens (including phenoxy) is 2. The van der Waals surface area contributed by atoms with E-state index in [1.165, 1.54) is 14.0 Å². The van der Waals surface area contributed by atoms with E-state index >= 15 is 0 Å². The largest absolute Gasteiger partial charge is 0.465 e. The van der Waals surface area contributed by atoms with Crippen LogP contribution in [0.5, 0.6) is 0 Å². The van der Waals surface area contributed by atoms with Crippen LogP contribution >= 0.6 is 0 Å². The number of methoxy groups -OCH3 is 1. The summed E-state index contributed by atoms with van der Waals surface area (Å²) < 4.78 is 9.75. The fraction of sp³-hybridized carbons (Fsp3) is 0.800. The monoisotopic (exact) mass is 202 g/mol. The van der Waals surface area contributed by atoms with E-state index in [9.17, 15) is 9.59 Å². The molecule has 0 spiro atoms. The van der Waals surface area contributed by atoms with Crippen LogP contribution in [0.2, 0.25) is 0 Å². The van der Waals surface area contributed by atoms with Gasteiger partial charge in [0, 0.05) is 13.0 Å². The molecule has 0 saturated carbocycles. The molecule has 4 nitrogen and oxygen atoms in total. The predicted octanol–water partition coefficient (Wildman–Crippen LogP) is 1.04. The van der Waals surface area contributed by atoms with Crippen molar-refractivity contribution in [2.45, 2.75) is 20.8 Å². The lowest BCUT2D eigenvalue weighted by Crippen LogP contribution is -2.23. The van der Waals surface area contributed by atoms with E-state index in [1.807, 2.05) is 0 Å². The molecule has 0 fully saturated rings. The molecule has 0 N–H and O–H groups in total. The highest BCUT2D eigenvalue weighted by Gasteiger charge is 2.16. The molecule has 0 rings (SSSR count). The van der Waals surface area contributed by atoms with Crippen molar-refractivity contribution in [3.05, 3.63) is 0 Å². The lowest BCUT2D eigenvalue weighted by molar-refractivity contribution is -0.151. The number of Topliss-reactive ketones (excluding diaryl/α,β-unsaturated/α-hetero) is 1. The minimum Gasteiger partial charge on any atom is -0.465 e. The first kappa shape index (κ1) is 13.1. The van der Waals surface area contributed by atoms with Crippen LogP contribution in [-0.4, -0.2) is 32.1 Å². The maximum atomic E-state index is 11.2. The Bertz CT molecular complexity index is 200. The van der Waals surface area contributed by atoms with Crippen LogP contribution in [0.4, 0.5) is 0 Å². The zero-order valence-electron chi connectivity index (χ0n) is 9.20. The number of esters is 1. The Labute approximate surface area is 84.6 Å². The summed E-state index contributed by atoms with van der Waals surface area (Å²) in [6, 6.07) is 0. The van der Waals surface area contributed by atoms with Gasteiger partial charge < -0.3 is 9.47 Å². The maximum absolute atomic E-state index is 11.2. The first-order valence-electron chi connectivity index (χ1n) is 4.65. The third-order valence-corrected chi connectivity index (χ3v) is 1.99. The fourth-order valence-electron chi connectivity index (χ4n) is 0.785. The zero-order chi connectivity index (χ0) is 11.1. The number of hydrogen-bond donors (Lipinski definition) is 0. The third-order valence-electron chi connectivity index (χ3n) is 1.99. The highest BCUT2D eigenvalue weighted by molar-refractivity contribution is 5.78. The number of hydrogen-bond acceptors (Lipinski definition) is 4. The van der Waals surface area contributed by atoms with Gasteiger partial charge in [-0.2, -0.15) is 0 Å². The van der Waals surface area contributed by atoms with Crippen LogP contribution < -0.4 is 0 Å². The first-order chi connectivity index (χ1) is 6.49. The summed E-state index contributed by atoms with van der Waals surface area (Å²) in [6.07, 6.45) is 0. The van der Waals surface area contributed by atoms with Gasteiger partial charge in [0.2, 0.25) is 0 Å². The molecule has 0 bridgehead atoms. The Morgan fingerprint density at radius 1 is 1.14 bits per heavy atom. The summed E-state index contributed by atoms with van der Waals surface area (Å²) in [5.41, 5.74) is 0. The zero-order valence-corrected chi connectivity index (χ0v) is 9.20. The summed E-state index contributed by atoms with van der Waals surface area (Å²) in [5.74, 6) is -0.801. The molecule has 0 radical (unpaired) electrons. The molecule has 82 valence electrons. The predicted molar refractivity (Wildman–Crippen MR) is 51.8 cm³/mol. The van der Waals surface area contributed by atoms with Crippen LogP contribution in [0.15, 0.2) is 0 Å². The summed E-state index contributed by atoms with van der Waals surface area (Å²) in [7, 11) is 1.53. The highest BCUT2D eigenvalue weighted by atomic mass is 16.5. The topological polar surface area (TPSA) is 52.6 Å². The second kappa shape index (κ2) is 6.54. The minimum absolute atomic E-state index is 0.0252. The van der Waals surface area contributed by atoms with Crippen molar-refractivity contribution >= 4 is 11.8 Å². The van der Waals surface area contributed by atoms with Crippen LogP contribution in [0.1, 0.15) is 20.8 Å². The molecular formula is C10H18O4. The van der Waals surface area contributed by atoms with Crippen molar-refractivity contribution in [3.8, 4) is 0 Å². The van der Waals surface area contributed by atoms with Crippen molar-refractivity contribution in [3.63, 3.8) is 0 Å². The Hall–Kier alpha value is -0.900. The second-order valence-corrected chi connectivity index (χ2v) is 3.50. The fourth-order valence-corrected chi connectivity index (χ4v) is 0.785. The highest BCUT2D eigenvalue weighted by Crippen LogP contribution is 2.03. The first-order valence-corrected chi connectivity index (χ1v) is 4.65. The Morgan fingerprint density at radius 3 is 2.14 bits per heavy atom. The van der Waals surface area contributed by atoms with Gasteiger partial charge in [0.1, 0.15) is 12.4 Å². The Balaban J connectivity index is 3.78. The summed E-state index contributed by atoms with van der Waals surface area (Å²) in [6.45, 7) is 5.44. The minimum atomic E-state index is -0.319. The molecule has 0 saturated heterocycles. The molecule has 0 aliphatic carbocycles. The van der Waals surface area contributed by atoms with Gasteiger partial charge in [-0.3, -0.25) is 9.59 Å². The molecule has 0 aromatic carbocycles. The third kappa shape index (κ3) is 4.97. The van der Waals surface area contributed by atoms with E-state index in [0.29, 0.717) is 6.61 Å². The Kier molecular flexibility index (Phi) is 6.12. The van der Waals surface area contributed by atoms with E-state index in [4.69, 9.17) is 9.47 Å². The van der Waals surface area contributed by atoms with Crippen molar-refractivity contribution in [1.29, 1.82) is 0 Å². The molecular weight excluding hydrogens is 184 g/mol. The van der Waals surface area contributed by atoms with E-state index in [1.54, 1.807) is 13.8 Å². The van der Waals surface area contributed by atoms with Gasteiger partial charge in [-0.15, -0.1) is 0 Å². The molecule has 14 heavy (non-hydrogen) atoms. The molecule has 0 heterocycles. The van der Waals surface area contributed by atoms with Gasteiger partial charge in [-0.05, 0) is 13.8 Å². The van der Waals surface area contributed by atoms with E-state index in [-0.39, 0.29) is 30.2 Å². The van der Waals surface area contributed by atoms with Gasteiger partial charge in [-0.1, -0.05) is 6.92 Å². The Morgan fingerprint density at radius 2 is 1.71 bits per heavy atom. The van der Waals surface area contributed by atoms with Crippen LogP contribution in [0.3, 0.4) is 0 Å². The van der Waals surface area contributed by atoms with Crippen molar-refractivity contribution in [2.24, 2.45) is 11.8 Å².